The number of hydrogen-bond acceptors (Lipinski definition) is 3. The van der Waals surface area contributed by atoms with Gasteiger partial charge in [0.25, 0.3) is 0 Å². The van der Waals surface area contributed by atoms with Crippen molar-refractivity contribution in [2.45, 2.75) is 10.6 Å². The highest BCUT2D eigenvalue weighted by Gasteiger charge is 2.42. The molecule has 0 aromatic heterocycles. The summed E-state index contributed by atoms with van der Waals surface area (Å²) in [6.07, 6.45) is 0.259. The average molecular weight is 365 g/mol. The topological polar surface area (TPSA) is 60.7 Å². The molecule has 12 heavy (non-hydrogen) atoms. The average Bonchev–Trinajstić information content (AvgIpc) is 1.99. The van der Waals surface area contributed by atoms with Crippen LogP contribution in [0.4, 0.5) is 0 Å². The lowest BCUT2D eigenvalue weighted by atomic mass is 10.1. The van der Waals surface area contributed by atoms with Crippen molar-refractivity contribution in [3.8, 4) is 0 Å². The van der Waals surface area contributed by atoms with Crippen molar-refractivity contribution < 1.29 is 15.3 Å². The molecule has 0 heterocycles. The van der Waals surface area contributed by atoms with Crippen molar-refractivity contribution in [2.24, 2.45) is 0 Å². The fraction of sp³-hybridized carbons (Fsp3) is 0.333. The minimum atomic E-state index is -1.82. The minimum absolute atomic E-state index is 0.319. The predicted molar refractivity (Wildman–Crippen MR) is 55.5 cm³/mol. The minimum Gasteiger partial charge on any atom is -0.507 e. The number of aliphatic hydroxyl groups is 3. The van der Waals surface area contributed by atoms with Crippen molar-refractivity contribution >= 4 is 47.8 Å². The summed E-state index contributed by atoms with van der Waals surface area (Å²) in [5, 5.41) is 28.2. The lowest BCUT2D eigenvalue weighted by Crippen LogP contribution is -2.40. The fourth-order valence-electron chi connectivity index (χ4n) is 0.748. The Bertz CT molecular complexity index is 269. The van der Waals surface area contributed by atoms with Gasteiger partial charge >= 0.3 is 0 Å². The van der Waals surface area contributed by atoms with Crippen LogP contribution in [-0.2, 0) is 0 Å². The summed E-state index contributed by atoms with van der Waals surface area (Å²) in [7, 11) is 0. The van der Waals surface area contributed by atoms with Crippen LogP contribution in [0.5, 0.6) is 0 Å². The number of allylic oxidation sites excluding steroid dienone is 2. The van der Waals surface area contributed by atoms with Crippen molar-refractivity contribution in [1.82, 2.24) is 0 Å². The van der Waals surface area contributed by atoms with Crippen molar-refractivity contribution in [1.29, 1.82) is 0 Å². The maximum atomic E-state index is 9.51. The van der Waals surface area contributed by atoms with Gasteiger partial charge in [0.15, 0.2) is 5.76 Å². The van der Waals surface area contributed by atoms with E-state index in [2.05, 4.69) is 47.8 Å². The van der Waals surface area contributed by atoms with Gasteiger partial charge in [-0.3, -0.25) is 0 Å². The Kier molecular flexibility index (Phi) is 3.05. The van der Waals surface area contributed by atoms with Gasteiger partial charge in [-0.15, -0.1) is 0 Å². The van der Waals surface area contributed by atoms with Gasteiger partial charge in [-0.2, -0.15) is 0 Å². The smallest absolute Gasteiger partial charge is 0.208 e. The first kappa shape index (κ1) is 10.7. The first-order chi connectivity index (χ1) is 5.37. The van der Waals surface area contributed by atoms with E-state index in [1.807, 2.05) is 0 Å². The van der Waals surface area contributed by atoms with Crippen LogP contribution in [0.3, 0.4) is 0 Å². The van der Waals surface area contributed by atoms with Crippen LogP contribution in [0.2, 0.25) is 0 Å². The lowest BCUT2D eigenvalue weighted by molar-refractivity contribution is 0.0205. The number of alkyl halides is 1. The fourth-order valence-corrected chi connectivity index (χ4v) is 3.20. The van der Waals surface area contributed by atoms with Crippen LogP contribution in [0.25, 0.3) is 0 Å². The molecule has 0 radical (unpaired) electrons. The highest BCUT2D eigenvalue weighted by Crippen LogP contribution is 2.40. The molecule has 0 aliphatic heterocycles. The standard InChI is InChI=1S/C6H5Br3O3/c7-2-1-3(8)5(11)6(9,12)4(2)10/h1,4,10-12H. The van der Waals surface area contributed by atoms with E-state index >= 15 is 0 Å². The van der Waals surface area contributed by atoms with Gasteiger partial charge in [0.1, 0.15) is 6.10 Å². The van der Waals surface area contributed by atoms with Crippen molar-refractivity contribution in [2.75, 3.05) is 0 Å². The van der Waals surface area contributed by atoms with Gasteiger partial charge in [-0.1, -0.05) is 15.9 Å². The van der Waals surface area contributed by atoms with E-state index in [1.54, 1.807) is 0 Å². The number of halogens is 3. The number of hydrogen-bond donors (Lipinski definition) is 3. The molecule has 1 rings (SSSR count). The Morgan fingerprint density at radius 3 is 2.42 bits per heavy atom. The Hall–Kier alpha value is 0.640. The van der Waals surface area contributed by atoms with E-state index in [9.17, 15) is 15.3 Å². The second-order valence-electron chi connectivity index (χ2n) is 2.30. The lowest BCUT2D eigenvalue weighted by Gasteiger charge is -2.29. The summed E-state index contributed by atoms with van der Waals surface area (Å²) < 4.78 is -1.12. The van der Waals surface area contributed by atoms with Crippen LogP contribution in [0.1, 0.15) is 0 Å². The zero-order valence-electron chi connectivity index (χ0n) is 5.63. The van der Waals surface area contributed by atoms with Gasteiger partial charge < -0.3 is 15.3 Å². The summed E-state index contributed by atoms with van der Waals surface area (Å²) in [6, 6.07) is 0. The normalized spacial score (nSPS) is 36.8. The second-order valence-corrected chi connectivity index (χ2v) is 5.28. The van der Waals surface area contributed by atoms with Gasteiger partial charge in [-0.25, -0.2) is 0 Å². The monoisotopic (exact) mass is 362 g/mol. The van der Waals surface area contributed by atoms with E-state index in [-0.39, 0.29) is 5.76 Å². The highest BCUT2D eigenvalue weighted by atomic mass is 79.9. The van der Waals surface area contributed by atoms with Gasteiger partial charge in [0, 0.05) is 4.48 Å². The first-order valence-electron chi connectivity index (χ1n) is 2.93. The predicted octanol–water partition coefficient (Wildman–Crippen LogP) is 1.89. The zero-order chi connectivity index (χ0) is 9.52. The first-order valence-corrected chi connectivity index (χ1v) is 5.31. The second kappa shape index (κ2) is 3.42. The quantitative estimate of drug-likeness (QED) is 0.575. The molecule has 6 heteroatoms. The van der Waals surface area contributed by atoms with Gasteiger partial charge in [-0.05, 0) is 37.9 Å². The molecule has 2 atom stereocenters. The van der Waals surface area contributed by atoms with Crippen LogP contribution in [0.15, 0.2) is 20.8 Å². The van der Waals surface area contributed by atoms with E-state index in [1.165, 1.54) is 6.08 Å². The molecular formula is C6H5Br3O3. The maximum absolute atomic E-state index is 9.51. The third-order valence-corrected chi connectivity index (χ3v) is 3.52. The summed E-state index contributed by atoms with van der Waals surface area (Å²) in [4.78, 5) is 0. The maximum Gasteiger partial charge on any atom is 0.208 e. The molecule has 0 saturated carbocycles. The van der Waals surface area contributed by atoms with E-state index in [0.717, 1.165) is 0 Å². The van der Waals surface area contributed by atoms with Crippen molar-refractivity contribution in [3.05, 3.63) is 20.8 Å². The highest BCUT2D eigenvalue weighted by molar-refractivity contribution is 9.12. The van der Waals surface area contributed by atoms with Crippen LogP contribution < -0.4 is 0 Å². The van der Waals surface area contributed by atoms with E-state index in [0.29, 0.717) is 8.96 Å². The van der Waals surface area contributed by atoms with Crippen LogP contribution in [-0.4, -0.2) is 25.9 Å². The van der Waals surface area contributed by atoms with E-state index in [4.69, 9.17) is 0 Å². The third-order valence-electron chi connectivity index (χ3n) is 1.45. The van der Waals surface area contributed by atoms with Gasteiger partial charge in [0.2, 0.25) is 4.51 Å². The van der Waals surface area contributed by atoms with Crippen LogP contribution in [0, 0.1) is 0 Å². The van der Waals surface area contributed by atoms with Crippen molar-refractivity contribution in [3.63, 3.8) is 0 Å². The molecule has 0 amide bonds. The Labute approximate surface area is 94.2 Å². The molecule has 0 aromatic rings. The molecule has 0 aromatic carbocycles. The summed E-state index contributed by atoms with van der Waals surface area (Å²) in [6.45, 7) is 0. The summed E-state index contributed by atoms with van der Waals surface area (Å²) in [5.74, 6) is -0.349. The molecule has 3 N–H and O–H groups in total. The SMILES string of the molecule is OC1=C(Br)C=C(Br)C(O)C1(O)Br. The summed E-state index contributed by atoms with van der Waals surface area (Å²) >= 11 is 8.86. The zero-order valence-corrected chi connectivity index (χ0v) is 10.4. The van der Waals surface area contributed by atoms with Crippen LogP contribution >= 0.6 is 47.8 Å². The number of rotatable bonds is 0. The molecule has 68 valence electrons. The molecule has 0 spiro atoms. The largest absolute Gasteiger partial charge is 0.507 e. The summed E-state index contributed by atoms with van der Waals surface area (Å²) in [5.41, 5.74) is 0. The van der Waals surface area contributed by atoms with Gasteiger partial charge in [0.05, 0.1) is 4.48 Å². The molecular weight excluding hydrogens is 360 g/mol. The third kappa shape index (κ3) is 1.63. The number of aliphatic hydroxyl groups excluding tert-OH is 2. The Morgan fingerprint density at radius 2 is 1.92 bits per heavy atom. The molecule has 3 nitrogen and oxygen atoms in total. The van der Waals surface area contributed by atoms with E-state index < -0.39 is 10.6 Å². The molecule has 0 saturated heterocycles. The Morgan fingerprint density at radius 1 is 1.42 bits per heavy atom. The molecule has 1 aliphatic carbocycles. The molecule has 2 unspecified atom stereocenters. The molecule has 0 bridgehead atoms. The molecule has 0 fully saturated rings. The Balaban J connectivity index is 3.18. The molecule has 1 aliphatic rings.